The van der Waals surface area contributed by atoms with Gasteiger partial charge in [0.1, 0.15) is 0 Å². The number of aliphatic carboxylic acids is 1. The molecule has 0 amide bonds. The Labute approximate surface area is 97.1 Å². The standard InChI is InChI=1S/C11H11NO5/c1-12-9(11(14)15)10(13)6-2-3-7-8(4-6)17-5-16-7/h2-4,9,12H,5H2,1H3,(H,14,15). The summed E-state index contributed by atoms with van der Waals surface area (Å²) in [6.45, 7) is 0.112. The summed E-state index contributed by atoms with van der Waals surface area (Å²) >= 11 is 0. The molecule has 1 aliphatic heterocycles. The zero-order valence-electron chi connectivity index (χ0n) is 9.10. The van der Waals surface area contributed by atoms with Gasteiger partial charge in [0, 0.05) is 5.56 Å². The second-order valence-electron chi connectivity index (χ2n) is 3.49. The van der Waals surface area contributed by atoms with Crippen LogP contribution in [-0.4, -0.2) is 36.7 Å². The van der Waals surface area contributed by atoms with Crippen LogP contribution in [0.4, 0.5) is 0 Å². The van der Waals surface area contributed by atoms with E-state index in [2.05, 4.69) is 5.32 Å². The van der Waals surface area contributed by atoms with Crippen LogP contribution < -0.4 is 14.8 Å². The molecular weight excluding hydrogens is 226 g/mol. The number of ether oxygens (including phenoxy) is 2. The van der Waals surface area contributed by atoms with Gasteiger partial charge in [0.25, 0.3) is 0 Å². The lowest BCUT2D eigenvalue weighted by molar-refractivity contribution is -0.137. The molecule has 17 heavy (non-hydrogen) atoms. The van der Waals surface area contributed by atoms with Crippen molar-refractivity contribution in [1.82, 2.24) is 5.32 Å². The summed E-state index contributed by atoms with van der Waals surface area (Å²) in [6, 6.07) is 3.33. The van der Waals surface area contributed by atoms with Crippen LogP contribution in [0.2, 0.25) is 0 Å². The molecule has 0 radical (unpaired) electrons. The highest BCUT2D eigenvalue weighted by Crippen LogP contribution is 2.32. The number of ketones is 1. The molecule has 6 heteroatoms. The van der Waals surface area contributed by atoms with Gasteiger partial charge in [-0.1, -0.05) is 0 Å². The highest BCUT2D eigenvalue weighted by atomic mass is 16.7. The first-order valence-corrected chi connectivity index (χ1v) is 4.97. The van der Waals surface area contributed by atoms with Crippen LogP contribution in [-0.2, 0) is 4.79 Å². The summed E-state index contributed by atoms with van der Waals surface area (Å²) in [5.74, 6) is -0.720. The Morgan fingerprint density at radius 3 is 2.71 bits per heavy atom. The van der Waals surface area contributed by atoms with Gasteiger partial charge in [-0.3, -0.25) is 9.59 Å². The minimum absolute atomic E-state index is 0.112. The van der Waals surface area contributed by atoms with Gasteiger partial charge in [0.2, 0.25) is 6.79 Å². The van der Waals surface area contributed by atoms with Gasteiger partial charge < -0.3 is 19.9 Å². The fourth-order valence-electron chi connectivity index (χ4n) is 1.58. The SMILES string of the molecule is CNC(C(=O)O)C(=O)c1ccc2c(c1)OCO2. The van der Waals surface area contributed by atoms with Gasteiger partial charge in [-0.25, -0.2) is 0 Å². The molecule has 0 fully saturated rings. The summed E-state index contributed by atoms with van der Waals surface area (Å²) in [5, 5.41) is 11.3. The number of benzene rings is 1. The maximum Gasteiger partial charge on any atom is 0.328 e. The molecule has 0 saturated carbocycles. The lowest BCUT2D eigenvalue weighted by Gasteiger charge is -2.10. The number of fused-ring (bicyclic) bond motifs is 1. The predicted molar refractivity (Wildman–Crippen MR) is 57.4 cm³/mol. The van der Waals surface area contributed by atoms with Crippen molar-refractivity contribution < 1.29 is 24.2 Å². The number of carbonyl (C=O) groups is 2. The molecule has 1 unspecified atom stereocenters. The van der Waals surface area contributed by atoms with Gasteiger partial charge in [-0.2, -0.15) is 0 Å². The molecule has 2 rings (SSSR count). The van der Waals surface area contributed by atoms with Crippen molar-refractivity contribution in [1.29, 1.82) is 0 Å². The molecule has 0 spiro atoms. The van der Waals surface area contributed by atoms with Gasteiger partial charge >= 0.3 is 5.97 Å². The minimum Gasteiger partial charge on any atom is -0.480 e. The quantitative estimate of drug-likeness (QED) is 0.577. The molecule has 1 atom stereocenters. The maximum atomic E-state index is 11.9. The van der Waals surface area contributed by atoms with E-state index in [0.717, 1.165) is 0 Å². The number of rotatable bonds is 4. The lowest BCUT2D eigenvalue weighted by atomic mass is 10.0. The average Bonchev–Trinajstić information content (AvgIpc) is 2.75. The zero-order chi connectivity index (χ0) is 12.4. The van der Waals surface area contributed by atoms with E-state index < -0.39 is 17.8 Å². The Morgan fingerprint density at radius 2 is 2.06 bits per heavy atom. The molecule has 0 bridgehead atoms. The van der Waals surface area contributed by atoms with E-state index in [-0.39, 0.29) is 12.4 Å². The molecule has 0 aromatic heterocycles. The van der Waals surface area contributed by atoms with Crippen molar-refractivity contribution in [3.8, 4) is 11.5 Å². The number of hydrogen-bond donors (Lipinski definition) is 2. The third-order valence-corrected chi connectivity index (χ3v) is 2.45. The highest BCUT2D eigenvalue weighted by Gasteiger charge is 2.26. The van der Waals surface area contributed by atoms with Crippen molar-refractivity contribution in [2.24, 2.45) is 0 Å². The van der Waals surface area contributed by atoms with E-state index in [9.17, 15) is 9.59 Å². The smallest absolute Gasteiger partial charge is 0.328 e. The van der Waals surface area contributed by atoms with Crippen LogP contribution in [0.3, 0.4) is 0 Å². The molecule has 2 N–H and O–H groups in total. The fourth-order valence-corrected chi connectivity index (χ4v) is 1.58. The highest BCUT2D eigenvalue weighted by molar-refractivity contribution is 6.11. The lowest BCUT2D eigenvalue weighted by Crippen LogP contribution is -2.41. The zero-order valence-corrected chi connectivity index (χ0v) is 9.10. The second kappa shape index (κ2) is 4.42. The average molecular weight is 237 g/mol. The minimum atomic E-state index is -1.25. The number of hydrogen-bond acceptors (Lipinski definition) is 5. The van der Waals surface area contributed by atoms with Gasteiger partial charge in [0.15, 0.2) is 23.3 Å². The second-order valence-corrected chi connectivity index (χ2v) is 3.49. The Balaban J connectivity index is 2.28. The van der Waals surface area contributed by atoms with E-state index in [4.69, 9.17) is 14.6 Å². The predicted octanol–water partition coefficient (Wildman–Crippen LogP) is 0.271. The molecule has 6 nitrogen and oxygen atoms in total. The van der Waals surface area contributed by atoms with Gasteiger partial charge in [0.05, 0.1) is 0 Å². The molecule has 1 heterocycles. The molecular formula is C11H11NO5. The summed E-state index contributed by atoms with van der Waals surface area (Å²) in [4.78, 5) is 22.7. The van der Waals surface area contributed by atoms with E-state index >= 15 is 0 Å². The summed E-state index contributed by atoms with van der Waals surface area (Å²) in [5.41, 5.74) is 0.274. The first kappa shape index (κ1) is 11.4. The van der Waals surface area contributed by atoms with E-state index in [1.54, 1.807) is 6.07 Å². The van der Waals surface area contributed by atoms with Crippen LogP contribution in [0.5, 0.6) is 11.5 Å². The van der Waals surface area contributed by atoms with E-state index in [1.807, 2.05) is 0 Å². The topological polar surface area (TPSA) is 84.9 Å². The fraction of sp³-hybridized carbons (Fsp3) is 0.273. The van der Waals surface area contributed by atoms with E-state index in [0.29, 0.717) is 11.5 Å². The Kier molecular flexibility index (Phi) is 2.97. The van der Waals surface area contributed by atoms with Crippen molar-refractivity contribution >= 4 is 11.8 Å². The molecule has 0 saturated heterocycles. The van der Waals surface area contributed by atoms with Crippen LogP contribution in [0.1, 0.15) is 10.4 Å². The number of carboxylic acid groups (broad SMARTS) is 1. The van der Waals surface area contributed by atoms with Crippen molar-refractivity contribution in [2.75, 3.05) is 13.8 Å². The molecule has 90 valence electrons. The van der Waals surface area contributed by atoms with Crippen LogP contribution >= 0.6 is 0 Å². The van der Waals surface area contributed by atoms with Crippen molar-refractivity contribution in [3.63, 3.8) is 0 Å². The third-order valence-electron chi connectivity index (χ3n) is 2.45. The van der Waals surface area contributed by atoms with Gasteiger partial charge in [-0.05, 0) is 25.2 Å². The summed E-state index contributed by atoms with van der Waals surface area (Å²) in [7, 11) is 1.42. The Hall–Kier alpha value is -2.08. The first-order chi connectivity index (χ1) is 8.13. The largest absolute Gasteiger partial charge is 0.480 e. The summed E-state index contributed by atoms with van der Waals surface area (Å²) < 4.78 is 10.2. The van der Waals surface area contributed by atoms with Crippen LogP contribution in [0.15, 0.2) is 18.2 Å². The Morgan fingerprint density at radius 1 is 1.35 bits per heavy atom. The number of nitrogens with one attached hydrogen (secondary N) is 1. The molecule has 1 aliphatic rings. The van der Waals surface area contributed by atoms with Crippen LogP contribution in [0.25, 0.3) is 0 Å². The van der Waals surface area contributed by atoms with Crippen molar-refractivity contribution in [3.05, 3.63) is 23.8 Å². The van der Waals surface area contributed by atoms with Crippen molar-refractivity contribution in [2.45, 2.75) is 6.04 Å². The molecule has 1 aromatic rings. The van der Waals surface area contributed by atoms with E-state index in [1.165, 1.54) is 19.2 Å². The monoisotopic (exact) mass is 237 g/mol. The molecule has 0 aliphatic carbocycles. The number of carboxylic acids is 1. The summed E-state index contributed by atoms with van der Waals surface area (Å²) in [6.07, 6.45) is 0. The first-order valence-electron chi connectivity index (χ1n) is 4.97. The number of carbonyl (C=O) groups excluding carboxylic acids is 1. The number of likely N-dealkylation sites (N-methyl/N-ethyl adjacent to an activating group) is 1. The number of Topliss-reactive ketones (excluding diaryl/α,β-unsaturated/α-hetero) is 1. The van der Waals surface area contributed by atoms with Gasteiger partial charge in [-0.15, -0.1) is 0 Å². The third kappa shape index (κ3) is 2.07. The van der Waals surface area contributed by atoms with Crippen LogP contribution in [0, 0.1) is 0 Å². The molecule has 1 aromatic carbocycles. The maximum absolute atomic E-state index is 11.9. The Bertz CT molecular complexity index is 471. The normalized spacial score (nSPS) is 14.4.